The van der Waals surface area contributed by atoms with E-state index >= 15 is 0 Å². The molecular formula is C21H24N4O7S. The highest BCUT2D eigenvalue weighted by Gasteiger charge is 2.24. The van der Waals surface area contributed by atoms with Crippen LogP contribution in [0.2, 0.25) is 0 Å². The summed E-state index contributed by atoms with van der Waals surface area (Å²) in [7, 11) is -3.94. The SMILES string of the molecule is CS(=O)(=O)N(CC(=O)Nc1ccccc1C(=O)NC[C@@H]1CCCO1)c1cccc([N+](=O)[O-])c1. The molecule has 2 N–H and O–H groups in total. The second-order valence-electron chi connectivity index (χ2n) is 7.49. The first-order valence-corrected chi connectivity index (χ1v) is 12.0. The van der Waals surface area contributed by atoms with Crippen LogP contribution in [0.5, 0.6) is 0 Å². The fourth-order valence-corrected chi connectivity index (χ4v) is 4.23. The number of hydrogen-bond donors (Lipinski definition) is 2. The van der Waals surface area contributed by atoms with Crippen molar-refractivity contribution >= 4 is 38.9 Å². The Morgan fingerprint density at radius 3 is 2.64 bits per heavy atom. The van der Waals surface area contributed by atoms with Crippen molar-refractivity contribution in [3.05, 3.63) is 64.2 Å². The van der Waals surface area contributed by atoms with Crippen molar-refractivity contribution in [3.8, 4) is 0 Å². The van der Waals surface area contributed by atoms with Crippen molar-refractivity contribution < 1.29 is 27.7 Å². The topological polar surface area (TPSA) is 148 Å². The van der Waals surface area contributed by atoms with Gasteiger partial charge in [-0.1, -0.05) is 18.2 Å². The third-order valence-electron chi connectivity index (χ3n) is 4.98. The van der Waals surface area contributed by atoms with Gasteiger partial charge in [0.25, 0.3) is 11.6 Å². The van der Waals surface area contributed by atoms with Gasteiger partial charge in [-0.2, -0.15) is 0 Å². The van der Waals surface area contributed by atoms with Crippen LogP contribution >= 0.6 is 0 Å². The van der Waals surface area contributed by atoms with Crippen LogP contribution in [0.3, 0.4) is 0 Å². The van der Waals surface area contributed by atoms with E-state index in [1.807, 2.05) is 0 Å². The van der Waals surface area contributed by atoms with Crippen LogP contribution < -0.4 is 14.9 Å². The summed E-state index contributed by atoms with van der Waals surface area (Å²) < 4.78 is 30.8. The van der Waals surface area contributed by atoms with Crippen LogP contribution in [0.15, 0.2) is 48.5 Å². The zero-order valence-electron chi connectivity index (χ0n) is 17.9. The molecule has 0 aromatic heterocycles. The van der Waals surface area contributed by atoms with E-state index in [4.69, 9.17) is 4.74 Å². The molecule has 1 aliphatic rings. The number of nitro groups is 1. The van der Waals surface area contributed by atoms with E-state index in [0.717, 1.165) is 29.5 Å². The van der Waals surface area contributed by atoms with Crippen LogP contribution in [0.4, 0.5) is 17.1 Å². The summed E-state index contributed by atoms with van der Waals surface area (Å²) in [5.41, 5.74) is 0.0872. The van der Waals surface area contributed by atoms with Crippen LogP contribution in [0.25, 0.3) is 0 Å². The molecule has 2 aromatic carbocycles. The van der Waals surface area contributed by atoms with E-state index in [-0.39, 0.29) is 28.7 Å². The van der Waals surface area contributed by atoms with Gasteiger partial charge in [0.1, 0.15) is 6.54 Å². The summed E-state index contributed by atoms with van der Waals surface area (Å²) in [5.74, 6) is -1.12. The normalized spacial score (nSPS) is 15.6. The number of nitrogens with one attached hydrogen (secondary N) is 2. The molecular weight excluding hydrogens is 452 g/mol. The van der Waals surface area contributed by atoms with Crippen molar-refractivity contribution in [1.82, 2.24) is 5.32 Å². The summed E-state index contributed by atoms with van der Waals surface area (Å²) >= 11 is 0. The van der Waals surface area contributed by atoms with Gasteiger partial charge >= 0.3 is 0 Å². The Kier molecular flexibility index (Phi) is 7.61. The molecule has 2 amide bonds. The lowest BCUT2D eigenvalue weighted by Crippen LogP contribution is -2.38. The van der Waals surface area contributed by atoms with Crippen LogP contribution in [-0.2, 0) is 19.6 Å². The first-order valence-electron chi connectivity index (χ1n) is 10.2. The Bertz CT molecular complexity index is 1150. The molecule has 1 fully saturated rings. The fraction of sp³-hybridized carbons (Fsp3) is 0.333. The minimum absolute atomic E-state index is 0.0237. The number of para-hydroxylation sites is 1. The van der Waals surface area contributed by atoms with Crippen molar-refractivity contribution in [2.24, 2.45) is 0 Å². The van der Waals surface area contributed by atoms with E-state index in [9.17, 15) is 28.1 Å². The number of nitrogens with zero attached hydrogens (tertiary/aromatic N) is 2. The second kappa shape index (κ2) is 10.4. The number of amides is 2. The van der Waals surface area contributed by atoms with Crippen LogP contribution in [0.1, 0.15) is 23.2 Å². The number of nitro benzene ring substituents is 1. The van der Waals surface area contributed by atoms with Crippen molar-refractivity contribution in [2.45, 2.75) is 18.9 Å². The Balaban J connectivity index is 1.74. The molecule has 0 spiro atoms. The molecule has 176 valence electrons. The highest BCUT2D eigenvalue weighted by Crippen LogP contribution is 2.23. The van der Waals surface area contributed by atoms with Crippen molar-refractivity contribution in [1.29, 1.82) is 0 Å². The lowest BCUT2D eigenvalue weighted by atomic mass is 10.1. The number of non-ortho nitro benzene ring substituents is 1. The summed E-state index contributed by atoms with van der Waals surface area (Å²) in [6.45, 7) is 0.371. The quantitative estimate of drug-likeness (QED) is 0.415. The average Bonchev–Trinajstić information content (AvgIpc) is 3.29. The maximum atomic E-state index is 12.7. The minimum Gasteiger partial charge on any atom is -0.376 e. The summed E-state index contributed by atoms with van der Waals surface area (Å²) in [4.78, 5) is 35.7. The van der Waals surface area contributed by atoms with Crippen molar-refractivity contribution in [2.75, 3.05) is 35.6 Å². The molecule has 2 aromatic rings. The van der Waals surface area contributed by atoms with Gasteiger partial charge < -0.3 is 15.4 Å². The number of benzene rings is 2. The molecule has 12 heteroatoms. The maximum Gasteiger partial charge on any atom is 0.271 e. The minimum atomic E-state index is -3.94. The molecule has 1 atom stereocenters. The Morgan fingerprint density at radius 2 is 1.97 bits per heavy atom. The maximum absolute atomic E-state index is 12.7. The molecule has 0 radical (unpaired) electrons. The van der Waals surface area contributed by atoms with Gasteiger partial charge in [-0.25, -0.2) is 8.42 Å². The second-order valence-corrected chi connectivity index (χ2v) is 9.39. The standard InChI is InChI=1S/C21H24N4O7S/c1-33(30,31)24(15-6-4-7-16(12-15)25(28)29)14-20(26)23-19-10-3-2-9-18(19)21(27)22-13-17-8-5-11-32-17/h2-4,6-7,9-10,12,17H,5,8,11,13-14H2,1H3,(H,22,27)(H,23,26)/t17-/m0/s1. The molecule has 1 saturated heterocycles. The number of anilines is 2. The number of carbonyl (C=O) groups is 2. The van der Waals surface area contributed by atoms with E-state index in [2.05, 4.69) is 10.6 Å². The zero-order valence-corrected chi connectivity index (χ0v) is 18.7. The van der Waals surface area contributed by atoms with Gasteiger partial charge in [-0.15, -0.1) is 0 Å². The summed E-state index contributed by atoms with van der Waals surface area (Å²) in [6, 6.07) is 11.3. The van der Waals surface area contributed by atoms with Gasteiger partial charge in [0, 0.05) is 25.3 Å². The molecule has 33 heavy (non-hydrogen) atoms. The van der Waals surface area contributed by atoms with Gasteiger partial charge in [-0.05, 0) is 31.0 Å². The van der Waals surface area contributed by atoms with E-state index in [1.165, 1.54) is 30.3 Å². The van der Waals surface area contributed by atoms with E-state index in [0.29, 0.717) is 13.2 Å². The Hall–Kier alpha value is -3.51. The van der Waals surface area contributed by atoms with Gasteiger partial charge in [0.2, 0.25) is 15.9 Å². The van der Waals surface area contributed by atoms with Crippen LogP contribution in [0, 0.1) is 10.1 Å². The van der Waals surface area contributed by atoms with Crippen LogP contribution in [-0.4, -0.2) is 57.2 Å². The number of carbonyl (C=O) groups excluding carboxylic acids is 2. The highest BCUT2D eigenvalue weighted by atomic mass is 32.2. The molecule has 3 rings (SSSR count). The smallest absolute Gasteiger partial charge is 0.271 e. The third kappa shape index (κ3) is 6.49. The average molecular weight is 477 g/mol. The molecule has 0 unspecified atom stereocenters. The van der Waals surface area contributed by atoms with Gasteiger partial charge in [0.05, 0.1) is 34.2 Å². The molecule has 1 aliphatic heterocycles. The summed E-state index contributed by atoms with van der Waals surface area (Å²) in [6.07, 6.45) is 2.65. The largest absolute Gasteiger partial charge is 0.376 e. The number of sulfonamides is 1. The highest BCUT2D eigenvalue weighted by molar-refractivity contribution is 7.92. The number of ether oxygens (including phenoxy) is 1. The number of rotatable bonds is 9. The van der Waals surface area contributed by atoms with E-state index in [1.54, 1.807) is 12.1 Å². The molecule has 1 heterocycles. The van der Waals surface area contributed by atoms with Gasteiger partial charge in [-0.3, -0.25) is 24.0 Å². The first kappa shape index (κ1) is 24.1. The fourth-order valence-electron chi connectivity index (χ4n) is 3.38. The molecule has 0 aliphatic carbocycles. The number of hydrogen-bond acceptors (Lipinski definition) is 7. The Labute approximate surface area is 190 Å². The summed E-state index contributed by atoms with van der Waals surface area (Å²) in [5, 5.41) is 16.4. The predicted octanol–water partition coefficient (Wildman–Crippen LogP) is 1.91. The van der Waals surface area contributed by atoms with E-state index < -0.39 is 33.3 Å². The monoisotopic (exact) mass is 476 g/mol. The third-order valence-corrected chi connectivity index (χ3v) is 6.12. The molecule has 0 saturated carbocycles. The van der Waals surface area contributed by atoms with Crippen molar-refractivity contribution in [3.63, 3.8) is 0 Å². The Morgan fingerprint density at radius 1 is 1.21 bits per heavy atom. The lowest BCUT2D eigenvalue weighted by Gasteiger charge is -2.22. The zero-order chi connectivity index (χ0) is 24.0. The molecule has 0 bridgehead atoms. The molecule has 11 nitrogen and oxygen atoms in total. The first-order chi connectivity index (χ1) is 15.6. The predicted molar refractivity (Wildman–Crippen MR) is 122 cm³/mol. The lowest BCUT2D eigenvalue weighted by molar-refractivity contribution is -0.384. The van der Waals surface area contributed by atoms with Gasteiger partial charge in [0.15, 0.2) is 0 Å².